The number of rotatable bonds is 4. The molecule has 0 saturated heterocycles. The maximum Gasteiger partial charge on any atom is 0.163 e. The van der Waals surface area contributed by atoms with Gasteiger partial charge < -0.3 is 10.7 Å². The third-order valence-electron chi connectivity index (χ3n) is 2.26. The molecule has 0 spiro atoms. The molecule has 4 N–H and O–H groups in total. The Balaban J connectivity index is 2.43. The molecule has 0 radical (unpaired) electrons. The van der Waals surface area contributed by atoms with Crippen molar-refractivity contribution in [3.63, 3.8) is 0 Å². The van der Waals surface area contributed by atoms with E-state index in [0.29, 0.717) is 11.6 Å². The molecular formula is C12H15N5. The van der Waals surface area contributed by atoms with Crippen molar-refractivity contribution in [3.05, 3.63) is 36.4 Å². The second kappa shape index (κ2) is 5.27. The highest BCUT2D eigenvalue weighted by Gasteiger charge is 2.05. The minimum atomic E-state index is 0.592. The van der Waals surface area contributed by atoms with Crippen molar-refractivity contribution < 1.29 is 0 Å². The molecule has 0 bridgehead atoms. The molecule has 0 unspecified atom stereocenters. The molecule has 0 atom stereocenters. The molecule has 0 aliphatic heterocycles. The van der Waals surface area contributed by atoms with Gasteiger partial charge in [0.1, 0.15) is 11.6 Å². The zero-order valence-electron chi connectivity index (χ0n) is 9.64. The Labute approximate surface area is 100 Å². The summed E-state index contributed by atoms with van der Waals surface area (Å²) >= 11 is 0. The van der Waals surface area contributed by atoms with Gasteiger partial charge in [0.15, 0.2) is 5.82 Å². The van der Waals surface area contributed by atoms with Crippen molar-refractivity contribution >= 4 is 11.6 Å². The van der Waals surface area contributed by atoms with E-state index in [9.17, 15) is 0 Å². The van der Waals surface area contributed by atoms with E-state index in [-0.39, 0.29) is 0 Å². The van der Waals surface area contributed by atoms with E-state index >= 15 is 0 Å². The average molecular weight is 229 g/mol. The minimum absolute atomic E-state index is 0.592. The van der Waals surface area contributed by atoms with Crippen LogP contribution in [0, 0.1) is 0 Å². The van der Waals surface area contributed by atoms with E-state index in [1.165, 1.54) is 0 Å². The van der Waals surface area contributed by atoms with Gasteiger partial charge in [-0.25, -0.2) is 15.8 Å². The molecular weight excluding hydrogens is 214 g/mol. The molecule has 1 heterocycles. The van der Waals surface area contributed by atoms with E-state index in [2.05, 4.69) is 20.7 Å². The monoisotopic (exact) mass is 229 g/mol. The Bertz CT molecular complexity index is 484. The molecule has 1 aromatic heterocycles. The molecule has 1 aromatic carbocycles. The minimum Gasteiger partial charge on any atom is -0.370 e. The van der Waals surface area contributed by atoms with Gasteiger partial charge in [-0.2, -0.15) is 0 Å². The zero-order chi connectivity index (χ0) is 12.1. The molecule has 5 heteroatoms. The third-order valence-corrected chi connectivity index (χ3v) is 2.26. The second-order valence-corrected chi connectivity index (χ2v) is 3.50. The first-order valence-corrected chi connectivity index (χ1v) is 5.48. The Morgan fingerprint density at radius 1 is 1.12 bits per heavy atom. The van der Waals surface area contributed by atoms with Crippen molar-refractivity contribution in [1.29, 1.82) is 0 Å². The lowest BCUT2D eigenvalue weighted by molar-refractivity contribution is 1.10. The van der Waals surface area contributed by atoms with Crippen LogP contribution < -0.4 is 16.6 Å². The van der Waals surface area contributed by atoms with Crippen LogP contribution in [0.15, 0.2) is 36.4 Å². The molecule has 0 fully saturated rings. The fraction of sp³-hybridized carbons (Fsp3) is 0.167. The summed E-state index contributed by atoms with van der Waals surface area (Å²) < 4.78 is 0. The largest absolute Gasteiger partial charge is 0.370 e. The van der Waals surface area contributed by atoms with Gasteiger partial charge in [-0.3, -0.25) is 0 Å². The van der Waals surface area contributed by atoms with Crippen LogP contribution in [-0.2, 0) is 0 Å². The third kappa shape index (κ3) is 2.70. The maximum atomic E-state index is 5.39. The number of nitrogen functional groups attached to an aromatic ring is 1. The van der Waals surface area contributed by atoms with Gasteiger partial charge in [-0.15, -0.1) is 0 Å². The van der Waals surface area contributed by atoms with E-state index in [4.69, 9.17) is 5.84 Å². The van der Waals surface area contributed by atoms with Gasteiger partial charge in [-0.1, -0.05) is 30.3 Å². The summed E-state index contributed by atoms with van der Waals surface area (Å²) in [5, 5.41) is 3.15. The first-order chi connectivity index (χ1) is 8.33. The predicted molar refractivity (Wildman–Crippen MR) is 69.4 cm³/mol. The van der Waals surface area contributed by atoms with Crippen LogP contribution in [0.3, 0.4) is 0 Å². The molecule has 5 nitrogen and oxygen atoms in total. The highest BCUT2D eigenvalue weighted by molar-refractivity contribution is 5.60. The lowest BCUT2D eigenvalue weighted by Crippen LogP contribution is -2.11. The van der Waals surface area contributed by atoms with Crippen LogP contribution >= 0.6 is 0 Å². The number of nitrogens with two attached hydrogens (primary N) is 1. The van der Waals surface area contributed by atoms with Gasteiger partial charge in [-0.05, 0) is 6.92 Å². The second-order valence-electron chi connectivity index (χ2n) is 3.50. The van der Waals surface area contributed by atoms with E-state index in [0.717, 1.165) is 17.9 Å². The highest BCUT2D eigenvalue weighted by atomic mass is 15.3. The summed E-state index contributed by atoms with van der Waals surface area (Å²) in [6, 6.07) is 11.6. The lowest BCUT2D eigenvalue weighted by Gasteiger charge is -2.08. The lowest BCUT2D eigenvalue weighted by atomic mass is 10.2. The van der Waals surface area contributed by atoms with Gasteiger partial charge in [0, 0.05) is 18.2 Å². The number of hydrazine groups is 1. The molecule has 0 aliphatic carbocycles. The molecule has 2 aromatic rings. The van der Waals surface area contributed by atoms with Crippen molar-refractivity contribution in [2.24, 2.45) is 5.84 Å². The summed E-state index contributed by atoms with van der Waals surface area (Å²) in [5.41, 5.74) is 3.51. The maximum absolute atomic E-state index is 5.39. The van der Waals surface area contributed by atoms with Crippen LogP contribution in [0.5, 0.6) is 0 Å². The van der Waals surface area contributed by atoms with Crippen molar-refractivity contribution in [2.75, 3.05) is 17.3 Å². The Hall–Kier alpha value is -2.14. The number of anilines is 2. The van der Waals surface area contributed by atoms with Gasteiger partial charge in [0.05, 0.1) is 0 Å². The van der Waals surface area contributed by atoms with E-state index in [1.807, 2.05) is 37.3 Å². The van der Waals surface area contributed by atoms with Crippen molar-refractivity contribution in [2.45, 2.75) is 6.92 Å². The topological polar surface area (TPSA) is 75.9 Å². The van der Waals surface area contributed by atoms with Crippen LogP contribution in [0.2, 0.25) is 0 Å². The van der Waals surface area contributed by atoms with Crippen LogP contribution in [0.4, 0.5) is 11.6 Å². The number of nitrogens with zero attached hydrogens (tertiary/aromatic N) is 2. The highest BCUT2D eigenvalue weighted by Crippen LogP contribution is 2.19. The quantitative estimate of drug-likeness (QED) is 0.551. The fourth-order valence-corrected chi connectivity index (χ4v) is 1.51. The van der Waals surface area contributed by atoms with Crippen molar-refractivity contribution in [3.8, 4) is 11.4 Å². The van der Waals surface area contributed by atoms with E-state index in [1.54, 1.807) is 6.07 Å². The molecule has 17 heavy (non-hydrogen) atoms. The molecule has 0 amide bonds. The molecule has 0 aliphatic rings. The Kier molecular flexibility index (Phi) is 3.52. The number of nitrogens with one attached hydrogen (secondary N) is 2. The predicted octanol–water partition coefficient (Wildman–Crippen LogP) is 1.86. The van der Waals surface area contributed by atoms with Crippen molar-refractivity contribution in [1.82, 2.24) is 9.97 Å². The summed E-state index contributed by atoms with van der Waals surface area (Å²) in [7, 11) is 0. The number of hydrogen-bond donors (Lipinski definition) is 3. The van der Waals surface area contributed by atoms with Crippen LogP contribution in [0.1, 0.15) is 6.92 Å². The average Bonchev–Trinajstić information content (AvgIpc) is 2.40. The molecule has 88 valence electrons. The van der Waals surface area contributed by atoms with Crippen LogP contribution in [-0.4, -0.2) is 16.5 Å². The SMILES string of the molecule is CCNc1cc(NN)nc(-c2ccccc2)n1. The van der Waals surface area contributed by atoms with Gasteiger partial charge in [0.2, 0.25) is 0 Å². The molecule has 2 rings (SSSR count). The summed E-state index contributed by atoms with van der Waals surface area (Å²) in [4.78, 5) is 8.74. The summed E-state index contributed by atoms with van der Waals surface area (Å²) in [5.74, 6) is 7.39. The van der Waals surface area contributed by atoms with Gasteiger partial charge >= 0.3 is 0 Å². The zero-order valence-corrected chi connectivity index (χ0v) is 9.64. The van der Waals surface area contributed by atoms with Gasteiger partial charge in [0.25, 0.3) is 0 Å². The first-order valence-electron chi connectivity index (χ1n) is 5.48. The van der Waals surface area contributed by atoms with Crippen LogP contribution in [0.25, 0.3) is 11.4 Å². The Morgan fingerprint density at radius 3 is 2.47 bits per heavy atom. The number of hydrogen-bond acceptors (Lipinski definition) is 5. The number of aromatic nitrogens is 2. The summed E-state index contributed by atoms with van der Waals surface area (Å²) in [6.45, 7) is 2.81. The summed E-state index contributed by atoms with van der Waals surface area (Å²) in [6.07, 6.45) is 0. The first kappa shape index (κ1) is 11.3. The normalized spacial score (nSPS) is 10.0. The Morgan fingerprint density at radius 2 is 1.82 bits per heavy atom. The standard InChI is InChI=1S/C12H15N5/c1-2-14-10-8-11(17-13)16-12(15-10)9-6-4-3-5-7-9/h3-8H,2,13H2,1H3,(H2,14,15,16,17). The fourth-order valence-electron chi connectivity index (χ4n) is 1.51. The van der Waals surface area contributed by atoms with E-state index < -0.39 is 0 Å². The smallest absolute Gasteiger partial charge is 0.163 e. The number of benzene rings is 1. The molecule has 0 saturated carbocycles.